The van der Waals surface area contributed by atoms with Crippen molar-refractivity contribution in [2.45, 2.75) is 19.1 Å². The highest BCUT2D eigenvalue weighted by atomic mass is 32.1. The lowest BCUT2D eigenvalue weighted by molar-refractivity contribution is -0.121. The summed E-state index contributed by atoms with van der Waals surface area (Å²) in [5.41, 5.74) is 2.39. The molecule has 1 unspecified atom stereocenters. The Kier molecular flexibility index (Phi) is 3.58. The minimum atomic E-state index is 0.0532. The number of rotatable bonds is 3. The molecule has 0 amide bonds. The first-order chi connectivity index (χ1) is 9.33. The van der Waals surface area contributed by atoms with Gasteiger partial charge in [0.2, 0.25) is 0 Å². The van der Waals surface area contributed by atoms with E-state index >= 15 is 0 Å². The summed E-state index contributed by atoms with van der Waals surface area (Å²) in [5, 5.41) is 1.84. The molecule has 19 heavy (non-hydrogen) atoms. The zero-order valence-electron chi connectivity index (χ0n) is 10.5. The van der Waals surface area contributed by atoms with Crippen LogP contribution in [0, 0.1) is 0 Å². The van der Waals surface area contributed by atoms with E-state index in [4.69, 9.17) is 17.1 Å². The third-order valence-corrected chi connectivity index (χ3v) is 3.60. The molecule has 1 saturated heterocycles. The quantitative estimate of drug-likeness (QED) is 0.784. The van der Waals surface area contributed by atoms with E-state index in [-0.39, 0.29) is 6.10 Å². The van der Waals surface area contributed by atoms with Gasteiger partial charge in [-0.2, -0.15) is 0 Å². The molecule has 2 aromatic carbocycles. The summed E-state index contributed by atoms with van der Waals surface area (Å²) in [7, 11) is 0. The van der Waals surface area contributed by atoms with Crippen LogP contribution in [0.3, 0.4) is 0 Å². The zero-order chi connectivity index (χ0) is 13.1. The molecule has 96 valence electrons. The normalized spacial score (nSPS) is 18.8. The van der Waals surface area contributed by atoms with Crippen molar-refractivity contribution in [2.75, 3.05) is 0 Å². The Balaban J connectivity index is 1.71. The maximum Gasteiger partial charge on any atom is 0.117 e. The number of hydrogen-bond donors (Lipinski definition) is 0. The van der Waals surface area contributed by atoms with E-state index in [0.29, 0.717) is 6.54 Å². The largest absolute Gasteiger partial charge is 0.264 e. The Bertz CT molecular complexity index is 555. The van der Waals surface area contributed by atoms with E-state index < -0.39 is 0 Å². The SMILES string of the molecule is S=C1CC(c2ccccc2)ON1Cc1ccccc1. The highest BCUT2D eigenvalue weighted by molar-refractivity contribution is 7.80. The Morgan fingerprint density at radius 3 is 2.32 bits per heavy atom. The lowest BCUT2D eigenvalue weighted by atomic mass is 10.1. The topological polar surface area (TPSA) is 12.5 Å². The average molecular weight is 269 g/mol. The molecule has 1 aliphatic rings. The van der Waals surface area contributed by atoms with Crippen LogP contribution in [0.4, 0.5) is 0 Å². The monoisotopic (exact) mass is 269 g/mol. The molecule has 3 rings (SSSR count). The molecule has 0 N–H and O–H groups in total. The van der Waals surface area contributed by atoms with Gasteiger partial charge in [0.05, 0.1) is 6.54 Å². The molecule has 1 heterocycles. The van der Waals surface area contributed by atoms with E-state index in [0.717, 1.165) is 11.4 Å². The van der Waals surface area contributed by atoms with Crippen molar-refractivity contribution in [3.8, 4) is 0 Å². The van der Waals surface area contributed by atoms with Gasteiger partial charge in [-0.1, -0.05) is 72.9 Å². The molecule has 2 nitrogen and oxygen atoms in total. The molecular formula is C16H15NOS. The number of nitrogens with zero attached hydrogens (tertiary/aromatic N) is 1. The molecule has 1 fully saturated rings. The molecule has 0 spiro atoms. The first-order valence-corrected chi connectivity index (χ1v) is 6.80. The van der Waals surface area contributed by atoms with E-state index in [1.54, 1.807) is 0 Å². The third kappa shape index (κ3) is 2.83. The van der Waals surface area contributed by atoms with Gasteiger partial charge in [0.1, 0.15) is 11.1 Å². The van der Waals surface area contributed by atoms with Crippen LogP contribution in [0.15, 0.2) is 60.7 Å². The van der Waals surface area contributed by atoms with Gasteiger partial charge in [0.25, 0.3) is 0 Å². The molecule has 3 heteroatoms. The maximum absolute atomic E-state index is 5.96. The Hall–Kier alpha value is -1.71. The fraction of sp³-hybridized carbons (Fsp3) is 0.188. The summed E-state index contributed by atoms with van der Waals surface area (Å²) in [6.45, 7) is 0.711. The second-order valence-electron chi connectivity index (χ2n) is 4.62. The zero-order valence-corrected chi connectivity index (χ0v) is 11.3. The van der Waals surface area contributed by atoms with Crippen molar-refractivity contribution >= 4 is 17.2 Å². The first-order valence-electron chi connectivity index (χ1n) is 6.39. The van der Waals surface area contributed by atoms with Crippen molar-refractivity contribution in [3.63, 3.8) is 0 Å². The number of benzene rings is 2. The molecule has 2 aromatic rings. The summed E-state index contributed by atoms with van der Waals surface area (Å²) in [6, 6.07) is 20.5. The lowest BCUT2D eigenvalue weighted by Gasteiger charge is -2.18. The summed E-state index contributed by atoms with van der Waals surface area (Å²) in [4.78, 5) is 6.83. The van der Waals surface area contributed by atoms with Crippen molar-refractivity contribution in [3.05, 3.63) is 71.8 Å². The van der Waals surface area contributed by atoms with Crippen LogP contribution >= 0.6 is 12.2 Å². The van der Waals surface area contributed by atoms with Crippen LogP contribution in [0.5, 0.6) is 0 Å². The molecule has 0 aliphatic carbocycles. The fourth-order valence-corrected chi connectivity index (χ4v) is 2.49. The van der Waals surface area contributed by atoms with E-state index in [9.17, 15) is 0 Å². The number of thiocarbonyl (C=S) groups is 1. The second kappa shape index (κ2) is 5.51. The Labute approximate surface area is 118 Å². The van der Waals surface area contributed by atoms with Crippen LogP contribution in [-0.4, -0.2) is 10.1 Å². The van der Waals surface area contributed by atoms with Gasteiger partial charge < -0.3 is 0 Å². The van der Waals surface area contributed by atoms with Gasteiger partial charge in [-0.15, -0.1) is 0 Å². The van der Waals surface area contributed by atoms with Crippen LogP contribution in [0.25, 0.3) is 0 Å². The standard InChI is InChI=1S/C16H15NOS/c19-16-11-15(14-9-5-2-6-10-14)18-17(16)12-13-7-3-1-4-8-13/h1-10,15H,11-12H2. The molecule has 0 radical (unpaired) electrons. The van der Waals surface area contributed by atoms with Gasteiger partial charge in [0.15, 0.2) is 0 Å². The molecule has 0 aromatic heterocycles. The fourth-order valence-electron chi connectivity index (χ4n) is 2.23. The Morgan fingerprint density at radius 2 is 1.63 bits per heavy atom. The highest BCUT2D eigenvalue weighted by Gasteiger charge is 2.28. The molecule has 0 bridgehead atoms. The highest BCUT2D eigenvalue weighted by Crippen LogP contribution is 2.31. The molecule has 1 aliphatic heterocycles. The van der Waals surface area contributed by atoms with Gasteiger partial charge in [0, 0.05) is 6.42 Å². The maximum atomic E-state index is 5.96. The molecular weight excluding hydrogens is 254 g/mol. The van der Waals surface area contributed by atoms with Crippen LogP contribution in [-0.2, 0) is 11.4 Å². The molecule has 0 saturated carbocycles. The van der Waals surface area contributed by atoms with Crippen LogP contribution < -0.4 is 0 Å². The van der Waals surface area contributed by atoms with Gasteiger partial charge in [-0.25, -0.2) is 5.06 Å². The number of hydroxylamine groups is 2. The van der Waals surface area contributed by atoms with Gasteiger partial charge in [-0.05, 0) is 11.1 Å². The van der Waals surface area contributed by atoms with Gasteiger partial charge in [-0.3, -0.25) is 4.84 Å². The van der Waals surface area contributed by atoms with Crippen molar-refractivity contribution < 1.29 is 4.84 Å². The number of hydrogen-bond acceptors (Lipinski definition) is 2. The molecule has 1 atom stereocenters. The van der Waals surface area contributed by atoms with E-state index in [1.807, 2.05) is 41.5 Å². The second-order valence-corrected chi connectivity index (χ2v) is 5.10. The van der Waals surface area contributed by atoms with Crippen LogP contribution in [0.1, 0.15) is 23.7 Å². The van der Waals surface area contributed by atoms with Crippen molar-refractivity contribution in [2.24, 2.45) is 0 Å². The minimum absolute atomic E-state index is 0.0532. The first kappa shape index (κ1) is 12.3. The Morgan fingerprint density at radius 1 is 1.00 bits per heavy atom. The summed E-state index contributed by atoms with van der Waals surface area (Å²) >= 11 is 5.42. The van der Waals surface area contributed by atoms with Gasteiger partial charge >= 0.3 is 0 Å². The van der Waals surface area contributed by atoms with Crippen LogP contribution in [0.2, 0.25) is 0 Å². The van der Waals surface area contributed by atoms with Crippen molar-refractivity contribution in [1.82, 2.24) is 5.06 Å². The third-order valence-electron chi connectivity index (χ3n) is 3.23. The average Bonchev–Trinajstić information content (AvgIpc) is 2.82. The summed E-state index contributed by atoms with van der Waals surface area (Å²) < 4.78 is 0. The summed E-state index contributed by atoms with van der Waals surface area (Å²) in [5.74, 6) is 0. The van der Waals surface area contributed by atoms with E-state index in [1.165, 1.54) is 11.1 Å². The predicted molar refractivity (Wildman–Crippen MR) is 79.5 cm³/mol. The predicted octanol–water partition coefficient (Wildman–Crippen LogP) is 3.89. The van der Waals surface area contributed by atoms with Crippen molar-refractivity contribution in [1.29, 1.82) is 0 Å². The lowest BCUT2D eigenvalue weighted by Crippen LogP contribution is -2.21. The summed E-state index contributed by atoms with van der Waals surface area (Å²) in [6.07, 6.45) is 0.837. The minimum Gasteiger partial charge on any atom is -0.264 e. The van der Waals surface area contributed by atoms with E-state index in [2.05, 4.69) is 24.3 Å². The smallest absolute Gasteiger partial charge is 0.117 e.